The maximum atomic E-state index is 11.2. The fraction of sp³-hybridized carbons (Fsp3) is 0.923. The van der Waals surface area contributed by atoms with Crippen molar-refractivity contribution in [3.05, 3.63) is 0 Å². The molecule has 5 heteroatoms. The van der Waals surface area contributed by atoms with E-state index in [1.54, 1.807) is 0 Å². The fourth-order valence-corrected chi connectivity index (χ4v) is 2.43. The third-order valence-corrected chi connectivity index (χ3v) is 3.59. The van der Waals surface area contributed by atoms with Gasteiger partial charge in [0.15, 0.2) is 0 Å². The number of nitrogens with one attached hydrogen (secondary N) is 1. The van der Waals surface area contributed by atoms with Crippen molar-refractivity contribution in [2.24, 2.45) is 0 Å². The van der Waals surface area contributed by atoms with Crippen molar-refractivity contribution in [1.82, 2.24) is 15.1 Å². The third-order valence-electron chi connectivity index (χ3n) is 3.59. The summed E-state index contributed by atoms with van der Waals surface area (Å²) in [6.07, 6.45) is 3.33. The van der Waals surface area contributed by atoms with Crippen molar-refractivity contribution in [2.75, 3.05) is 40.3 Å². The van der Waals surface area contributed by atoms with Crippen LogP contribution in [-0.4, -0.2) is 73.2 Å². The van der Waals surface area contributed by atoms with Gasteiger partial charge >= 0.3 is 5.97 Å². The van der Waals surface area contributed by atoms with Crippen LogP contribution in [0, 0.1) is 0 Å². The summed E-state index contributed by atoms with van der Waals surface area (Å²) in [6.45, 7) is 5.42. The van der Waals surface area contributed by atoms with Crippen LogP contribution in [0.15, 0.2) is 0 Å². The lowest BCUT2D eigenvalue weighted by atomic mass is 10.0. The number of rotatable bonds is 7. The van der Waals surface area contributed by atoms with Gasteiger partial charge in [-0.15, -0.1) is 0 Å². The Morgan fingerprint density at radius 1 is 1.56 bits per heavy atom. The zero-order chi connectivity index (χ0) is 13.5. The lowest BCUT2D eigenvalue weighted by Crippen LogP contribution is -2.52. The maximum absolute atomic E-state index is 11.2. The minimum Gasteiger partial charge on any atom is -0.480 e. The summed E-state index contributed by atoms with van der Waals surface area (Å²) >= 11 is 0. The summed E-state index contributed by atoms with van der Waals surface area (Å²) in [6, 6.07) is 0.116. The lowest BCUT2D eigenvalue weighted by Gasteiger charge is -2.37. The van der Waals surface area contributed by atoms with Crippen LogP contribution in [0.25, 0.3) is 0 Å². The van der Waals surface area contributed by atoms with Crippen molar-refractivity contribution in [3.8, 4) is 0 Å². The lowest BCUT2D eigenvalue weighted by molar-refractivity contribution is -0.140. The molecule has 18 heavy (non-hydrogen) atoms. The molecule has 1 fully saturated rings. The molecule has 2 unspecified atom stereocenters. The molecule has 0 aromatic rings. The van der Waals surface area contributed by atoms with Gasteiger partial charge in [-0.2, -0.15) is 0 Å². The predicted octanol–water partition coefficient (Wildman–Crippen LogP) is 0.465. The number of nitrogens with zero attached hydrogens (tertiary/aromatic N) is 2. The highest BCUT2D eigenvalue weighted by Crippen LogP contribution is 2.13. The third kappa shape index (κ3) is 4.92. The molecule has 1 aliphatic heterocycles. The second-order valence-electron chi connectivity index (χ2n) is 5.36. The molecule has 0 spiro atoms. The van der Waals surface area contributed by atoms with Crippen LogP contribution < -0.4 is 5.32 Å². The summed E-state index contributed by atoms with van der Waals surface area (Å²) in [7, 11) is 4.19. The number of likely N-dealkylation sites (N-methyl/N-ethyl adjacent to an activating group) is 1. The first-order chi connectivity index (χ1) is 8.54. The first-order valence-corrected chi connectivity index (χ1v) is 6.89. The van der Waals surface area contributed by atoms with Gasteiger partial charge < -0.3 is 15.3 Å². The molecule has 0 bridgehead atoms. The first-order valence-electron chi connectivity index (χ1n) is 6.89. The van der Waals surface area contributed by atoms with Crippen molar-refractivity contribution in [2.45, 2.75) is 38.3 Å². The number of carboxylic acids is 1. The van der Waals surface area contributed by atoms with E-state index in [9.17, 15) is 9.90 Å². The zero-order valence-electron chi connectivity index (χ0n) is 11.9. The van der Waals surface area contributed by atoms with Gasteiger partial charge in [-0.1, -0.05) is 6.92 Å². The number of aliphatic carboxylic acids is 1. The molecule has 0 amide bonds. The molecule has 1 aliphatic rings. The summed E-state index contributed by atoms with van der Waals surface area (Å²) in [5.74, 6) is -0.740. The Kier molecular flexibility index (Phi) is 6.60. The highest BCUT2D eigenvalue weighted by atomic mass is 16.4. The minimum absolute atomic E-state index is 0.439. The Hall–Kier alpha value is -0.650. The average Bonchev–Trinajstić information content (AvgIpc) is 2.34. The summed E-state index contributed by atoms with van der Waals surface area (Å²) < 4.78 is 0. The van der Waals surface area contributed by atoms with Crippen molar-refractivity contribution < 1.29 is 9.90 Å². The second-order valence-corrected chi connectivity index (χ2v) is 5.36. The van der Waals surface area contributed by atoms with E-state index in [-0.39, 0.29) is 0 Å². The number of piperidine rings is 1. The first kappa shape index (κ1) is 15.4. The standard InChI is InChI=1S/C13H27N3O2/c1-4-7-14-12(13(17)18)10-16-8-5-6-11(9-16)15(2)3/h11-12,14H,4-10H2,1-3H3,(H,17,18). The van der Waals surface area contributed by atoms with Gasteiger partial charge in [-0.3, -0.25) is 9.69 Å². The van der Waals surface area contributed by atoms with Crippen LogP contribution in [0.5, 0.6) is 0 Å². The molecule has 1 saturated heterocycles. The van der Waals surface area contributed by atoms with Gasteiger partial charge in [0.1, 0.15) is 6.04 Å². The van der Waals surface area contributed by atoms with Crippen LogP contribution in [-0.2, 0) is 4.79 Å². The summed E-state index contributed by atoms with van der Waals surface area (Å²) in [4.78, 5) is 15.7. The monoisotopic (exact) mass is 257 g/mol. The van der Waals surface area contributed by atoms with E-state index in [1.165, 1.54) is 6.42 Å². The van der Waals surface area contributed by atoms with E-state index in [1.807, 2.05) is 0 Å². The number of hydrogen-bond donors (Lipinski definition) is 2. The molecule has 1 rings (SSSR count). The van der Waals surface area contributed by atoms with Crippen molar-refractivity contribution in [3.63, 3.8) is 0 Å². The molecule has 5 nitrogen and oxygen atoms in total. The van der Waals surface area contributed by atoms with E-state index in [2.05, 4.69) is 36.1 Å². The minimum atomic E-state index is -0.740. The van der Waals surface area contributed by atoms with Crippen molar-refractivity contribution >= 4 is 5.97 Å². The predicted molar refractivity (Wildman–Crippen MR) is 72.9 cm³/mol. The SMILES string of the molecule is CCCNC(CN1CCCC(N(C)C)C1)C(=O)O. The van der Waals surface area contributed by atoms with E-state index in [0.29, 0.717) is 12.6 Å². The van der Waals surface area contributed by atoms with Crippen LogP contribution in [0.2, 0.25) is 0 Å². The van der Waals surface area contributed by atoms with Gasteiger partial charge in [0, 0.05) is 19.1 Å². The molecule has 0 radical (unpaired) electrons. The summed E-state index contributed by atoms with van der Waals surface area (Å²) in [5.41, 5.74) is 0. The average molecular weight is 257 g/mol. The molecular weight excluding hydrogens is 230 g/mol. The Bertz CT molecular complexity index is 259. The van der Waals surface area contributed by atoms with Gasteiger partial charge in [-0.05, 0) is 46.4 Å². The molecule has 0 saturated carbocycles. The highest BCUT2D eigenvalue weighted by molar-refractivity contribution is 5.73. The van der Waals surface area contributed by atoms with Crippen LogP contribution in [0.1, 0.15) is 26.2 Å². The molecule has 0 aromatic carbocycles. The van der Waals surface area contributed by atoms with Crippen molar-refractivity contribution in [1.29, 1.82) is 0 Å². The Balaban J connectivity index is 2.45. The van der Waals surface area contributed by atoms with Gasteiger partial charge in [0.05, 0.1) is 0 Å². The molecule has 106 valence electrons. The molecular formula is C13H27N3O2. The summed E-state index contributed by atoms with van der Waals surface area (Å²) in [5, 5.41) is 12.3. The Labute approximate surface area is 110 Å². The fourth-order valence-electron chi connectivity index (χ4n) is 2.43. The topological polar surface area (TPSA) is 55.8 Å². The molecule has 2 N–H and O–H groups in total. The normalized spacial score (nSPS) is 23.2. The molecule has 2 atom stereocenters. The number of likely N-dealkylation sites (tertiary alicyclic amines) is 1. The zero-order valence-corrected chi connectivity index (χ0v) is 11.9. The van der Waals surface area contributed by atoms with Gasteiger partial charge in [-0.25, -0.2) is 0 Å². The van der Waals surface area contributed by atoms with E-state index in [0.717, 1.165) is 32.5 Å². The quantitative estimate of drug-likeness (QED) is 0.694. The highest BCUT2D eigenvalue weighted by Gasteiger charge is 2.25. The van der Waals surface area contributed by atoms with E-state index in [4.69, 9.17) is 0 Å². The smallest absolute Gasteiger partial charge is 0.322 e. The van der Waals surface area contributed by atoms with Crippen LogP contribution >= 0.6 is 0 Å². The number of carboxylic acid groups (broad SMARTS) is 1. The number of hydrogen-bond acceptors (Lipinski definition) is 4. The molecule has 0 aliphatic carbocycles. The Morgan fingerprint density at radius 2 is 2.28 bits per heavy atom. The van der Waals surface area contributed by atoms with Crippen LogP contribution in [0.3, 0.4) is 0 Å². The van der Waals surface area contributed by atoms with Crippen LogP contribution in [0.4, 0.5) is 0 Å². The largest absolute Gasteiger partial charge is 0.480 e. The van der Waals surface area contributed by atoms with E-state index >= 15 is 0 Å². The molecule has 0 aromatic heterocycles. The number of carbonyl (C=O) groups is 1. The van der Waals surface area contributed by atoms with Gasteiger partial charge in [0.25, 0.3) is 0 Å². The second kappa shape index (κ2) is 7.71. The molecule has 1 heterocycles. The Morgan fingerprint density at radius 3 is 2.83 bits per heavy atom. The maximum Gasteiger partial charge on any atom is 0.322 e. The van der Waals surface area contributed by atoms with Gasteiger partial charge in [0.2, 0.25) is 0 Å². The van der Waals surface area contributed by atoms with E-state index < -0.39 is 12.0 Å².